The highest BCUT2D eigenvalue weighted by molar-refractivity contribution is 5.58. The van der Waals surface area contributed by atoms with Crippen molar-refractivity contribution in [2.45, 2.75) is 18.4 Å². The lowest BCUT2D eigenvalue weighted by molar-refractivity contribution is -0.386. The molecule has 0 amide bonds. The van der Waals surface area contributed by atoms with E-state index < -0.39 is 10.5 Å². The maximum absolute atomic E-state index is 11.1. The molecule has 1 fully saturated rings. The molecule has 0 spiro atoms. The Bertz CT molecular complexity index is 516. The third-order valence-electron chi connectivity index (χ3n) is 2.89. The Hall–Kier alpha value is -2.20. The highest BCUT2D eigenvalue weighted by Gasteiger charge is 2.49. The molecule has 0 aromatic heterocycles. The van der Waals surface area contributed by atoms with Crippen molar-refractivity contribution in [1.29, 1.82) is 0 Å². The summed E-state index contributed by atoms with van der Waals surface area (Å²) in [4.78, 5) is 24.6. The molecule has 0 atom stereocenters. The van der Waals surface area contributed by atoms with Gasteiger partial charge in [0, 0.05) is 0 Å². The molecule has 1 aromatic rings. The van der Waals surface area contributed by atoms with Gasteiger partial charge < -0.3 is 4.74 Å². The lowest BCUT2D eigenvalue weighted by atomic mass is 10.0. The number of nitro benzene ring substituents is 1. The first-order valence-corrected chi connectivity index (χ1v) is 5.05. The average molecular weight is 234 g/mol. The molecule has 0 bridgehead atoms. The second-order valence-corrected chi connectivity index (χ2v) is 3.85. The first kappa shape index (κ1) is 11.3. The number of para-hydroxylation sites is 1. The van der Waals surface area contributed by atoms with Gasteiger partial charge in [-0.3, -0.25) is 10.1 Å². The minimum atomic E-state index is -0.765. The summed E-state index contributed by atoms with van der Waals surface area (Å²) in [5.41, 5.74) is -0.463. The second-order valence-electron chi connectivity index (χ2n) is 3.85. The molecule has 1 aromatic carbocycles. The first-order valence-electron chi connectivity index (χ1n) is 5.05. The summed E-state index contributed by atoms with van der Waals surface area (Å²) >= 11 is 0. The molecule has 0 N–H and O–H groups in total. The van der Waals surface area contributed by atoms with Crippen LogP contribution >= 0.6 is 0 Å². The molecule has 88 valence electrons. The fourth-order valence-corrected chi connectivity index (χ4v) is 1.90. The van der Waals surface area contributed by atoms with Crippen LogP contribution in [0.2, 0.25) is 0 Å². The van der Waals surface area contributed by atoms with E-state index in [0.717, 1.165) is 0 Å². The van der Waals surface area contributed by atoms with Gasteiger partial charge in [-0.2, -0.15) is 4.99 Å². The van der Waals surface area contributed by atoms with Gasteiger partial charge in [-0.15, -0.1) is 0 Å². The SMILES string of the molecule is COc1cccc(C2(N=C=O)CC2)c1[N+](=O)[O-]. The number of nitro groups is 1. The average Bonchev–Trinajstić information content (AvgIpc) is 3.09. The molecule has 1 aliphatic rings. The smallest absolute Gasteiger partial charge is 0.316 e. The number of nitrogens with zero attached hydrogens (tertiary/aromatic N) is 2. The Morgan fingerprint density at radius 1 is 1.53 bits per heavy atom. The minimum Gasteiger partial charge on any atom is -0.490 e. The van der Waals surface area contributed by atoms with E-state index in [0.29, 0.717) is 18.4 Å². The van der Waals surface area contributed by atoms with E-state index in [1.807, 2.05) is 0 Å². The summed E-state index contributed by atoms with van der Waals surface area (Å²) in [5, 5.41) is 11.1. The first-order chi connectivity index (χ1) is 8.14. The van der Waals surface area contributed by atoms with Crippen LogP contribution in [0.1, 0.15) is 18.4 Å². The third-order valence-corrected chi connectivity index (χ3v) is 2.89. The number of hydrogen-bond donors (Lipinski definition) is 0. The zero-order valence-electron chi connectivity index (χ0n) is 9.17. The van der Waals surface area contributed by atoms with Crippen molar-refractivity contribution in [2.75, 3.05) is 7.11 Å². The number of aliphatic imine (C=N–C) groups is 1. The lowest BCUT2D eigenvalue weighted by Crippen LogP contribution is -2.07. The molecule has 2 rings (SSSR count). The van der Waals surface area contributed by atoms with Crippen molar-refractivity contribution >= 4 is 11.8 Å². The summed E-state index contributed by atoms with van der Waals surface area (Å²) in [6.07, 6.45) is 2.73. The monoisotopic (exact) mass is 234 g/mol. The Morgan fingerprint density at radius 3 is 2.71 bits per heavy atom. The molecule has 0 unspecified atom stereocenters. The van der Waals surface area contributed by atoms with Crippen molar-refractivity contribution in [3.8, 4) is 5.75 Å². The molecule has 0 heterocycles. The van der Waals surface area contributed by atoms with Crippen LogP contribution in [-0.2, 0) is 10.3 Å². The predicted octanol–water partition coefficient (Wildman–Crippen LogP) is 1.93. The van der Waals surface area contributed by atoms with Crippen LogP contribution in [0.5, 0.6) is 5.75 Å². The summed E-state index contributed by atoms with van der Waals surface area (Å²) in [7, 11) is 1.37. The van der Waals surface area contributed by atoms with E-state index in [1.165, 1.54) is 19.3 Å². The molecule has 6 heteroatoms. The number of hydrogen-bond acceptors (Lipinski definition) is 5. The van der Waals surface area contributed by atoms with E-state index in [1.54, 1.807) is 12.1 Å². The Balaban J connectivity index is 2.62. The van der Waals surface area contributed by atoms with Crippen LogP contribution < -0.4 is 4.74 Å². The van der Waals surface area contributed by atoms with E-state index in [9.17, 15) is 14.9 Å². The predicted molar refractivity (Wildman–Crippen MR) is 58.7 cm³/mol. The molecule has 0 radical (unpaired) electrons. The standard InChI is InChI=1S/C11H10N2O4/c1-17-9-4-2-3-8(10(9)13(15)16)11(5-6-11)12-7-14/h2-4H,5-6H2,1H3. The van der Waals surface area contributed by atoms with Crippen LogP contribution in [0.4, 0.5) is 5.69 Å². The van der Waals surface area contributed by atoms with Crippen LogP contribution in [0, 0.1) is 10.1 Å². The number of carbonyl (C=O) groups excluding carboxylic acids is 1. The summed E-state index contributed by atoms with van der Waals surface area (Å²) < 4.78 is 4.97. The van der Waals surface area contributed by atoms with Gasteiger partial charge in [-0.1, -0.05) is 6.07 Å². The summed E-state index contributed by atoms with van der Waals surface area (Å²) in [6.45, 7) is 0. The zero-order valence-corrected chi connectivity index (χ0v) is 9.17. The van der Waals surface area contributed by atoms with Gasteiger partial charge in [-0.05, 0) is 25.0 Å². The molecule has 1 saturated carbocycles. The number of isocyanates is 1. The van der Waals surface area contributed by atoms with E-state index in [-0.39, 0.29) is 11.4 Å². The normalized spacial score (nSPS) is 15.8. The van der Waals surface area contributed by atoms with Gasteiger partial charge >= 0.3 is 5.69 Å². The van der Waals surface area contributed by atoms with Crippen LogP contribution in [0.25, 0.3) is 0 Å². The third kappa shape index (κ3) is 1.79. The van der Waals surface area contributed by atoms with E-state index >= 15 is 0 Å². The van der Waals surface area contributed by atoms with Crippen LogP contribution in [0.15, 0.2) is 23.2 Å². The summed E-state index contributed by atoms with van der Waals surface area (Å²) in [6, 6.07) is 4.78. The van der Waals surface area contributed by atoms with Crippen LogP contribution in [-0.4, -0.2) is 18.1 Å². The topological polar surface area (TPSA) is 81.8 Å². The number of benzene rings is 1. The Kier molecular flexibility index (Phi) is 2.65. The molecule has 0 saturated heterocycles. The molecule has 6 nitrogen and oxygen atoms in total. The van der Waals surface area contributed by atoms with Gasteiger partial charge in [-0.25, -0.2) is 4.79 Å². The Labute approximate surface area is 97.1 Å². The van der Waals surface area contributed by atoms with Gasteiger partial charge in [0.2, 0.25) is 6.08 Å². The van der Waals surface area contributed by atoms with Crippen LogP contribution in [0.3, 0.4) is 0 Å². The van der Waals surface area contributed by atoms with Gasteiger partial charge in [0.25, 0.3) is 0 Å². The number of methoxy groups -OCH3 is 1. The highest BCUT2D eigenvalue weighted by Crippen LogP contribution is 2.53. The Morgan fingerprint density at radius 2 is 2.24 bits per heavy atom. The van der Waals surface area contributed by atoms with E-state index in [4.69, 9.17) is 4.74 Å². The zero-order chi connectivity index (χ0) is 12.5. The molecular formula is C11H10N2O4. The molecule has 17 heavy (non-hydrogen) atoms. The van der Waals surface area contributed by atoms with Crippen molar-refractivity contribution < 1.29 is 14.5 Å². The van der Waals surface area contributed by atoms with Crippen molar-refractivity contribution in [1.82, 2.24) is 0 Å². The fraction of sp³-hybridized carbons (Fsp3) is 0.364. The number of ether oxygens (including phenoxy) is 1. The highest BCUT2D eigenvalue weighted by atomic mass is 16.6. The molecule has 1 aliphatic carbocycles. The van der Waals surface area contributed by atoms with E-state index in [2.05, 4.69) is 4.99 Å². The fourth-order valence-electron chi connectivity index (χ4n) is 1.90. The van der Waals surface area contributed by atoms with Crippen molar-refractivity contribution in [3.63, 3.8) is 0 Å². The summed E-state index contributed by atoms with van der Waals surface area (Å²) in [5.74, 6) is 0.180. The van der Waals surface area contributed by atoms with Crippen molar-refractivity contribution in [3.05, 3.63) is 33.9 Å². The largest absolute Gasteiger partial charge is 0.490 e. The van der Waals surface area contributed by atoms with Gasteiger partial charge in [0.1, 0.15) is 5.54 Å². The second kappa shape index (κ2) is 3.99. The van der Waals surface area contributed by atoms with Gasteiger partial charge in [0.15, 0.2) is 5.75 Å². The minimum absolute atomic E-state index is 0.119. The molecule has 0 aliphatic heterocycles. The van der Waals surface area contributed by atoms with Gasteiger partial charge in [0.05, 0.1) is 17.6 Å². The maximum atomic E-state index is 11.1. The lowest BCUT2D eigenvalue weighted by Gasteiger charge is -2.10. The number of rotatable bonds is 4. The van der Waals surface area contributed by atoms with Crippen molar-refractivity contribution in [2.24, 2.45) is 4.99 Å². The maximum Gasteiger partial charge on any atom is 0.316 e. The quantitative estimate of drug-likeness (QED) is 0.345. The molecular weight excluding hydrogens is 224 g/mol.